The summed E-state index contributed by atoms with van der Waals surface area (Å²) < 4.78 is 41.8. The first kappa shape index (κ1) is 21.8. The van der Waals surface area contributed by atoms with Gasteiger partial charge in [0.25, 0.3) is 0 Å². The highest BCUT2D eigenvalue weighted by Crippen LogP contribution is 2.57. The van der Waals surface area contributed by atoms with Gasteiger partial charge in [-0.1, -0.05) is 30.3 Å². The van der Waals surface area contributed by atoms with Crippen LogP contribution >= 0.6 is 0 Å². The van der Waals surface area contributed by atoms with Gasteiger partial charge in [-0.15, -0.1) is 0 Å². The fourth-order valence-corrected chi connectivity index (χ4v) is 5.42. The Bertz CT molecular complexity index is 1370. The lowest BCUT2D eigenvalue weighted by Crippen LogP contribution is -2.52. The smallest absolute Gasteiger partial charge is 0.384 e. The maximum atomic E-state index is 13.9. The van der Waals surface area contributed by atoms with Crippen LogP contribution in [-0.2, 0) is 21.2 Å². The minimum atomic E-state index is -4.70. The Morgan fingerprint density at radius 2 is 1.68 bits per heavy atom. The highest BCUT2D eigenvalue weighted by Gasteiger charge is 2.61. The van der Waals surface area contributed by atoms with E-state index in [2.05, 4.69) is 0 Å². The summed E-state index contributed by atoms with van der Waals surface area (Å²) in [5, 5.41) is 10.2. The molecule has 0 fully saturated rings. The molecule has 6 nitrogen and oxygen atoms in total. The minimum absolute atomic E-state index is 0.0308. The number of rotatable bonds is 1. The lowest BCUT2D eigenvalue weighted by atomic mass is 9.63. The molecule has 1 aliphatic carbocycles. The number of anilines is 2. The minimum Gasteiger partial charge on any atom is -0.384 e. The number of para-hydroxylation sites is 2. The Labute approximate surface area is 193 Å². The zero-order chi connectivity index (χ0) is 24.4. The van der Waals surface area contributed by atoms with Crippen LogP contribution in [0, 0.1) is 11.3 Å². The van der Waals surface area contributed by atoms with Gasteiger partial charge < -0.3 is 10.6 Å². The summed E-state index contributed by atoms with van der Waals surface area (Å²) >= 11 is 0. The van der Waals surface area contributed by atoms with Crippen molar-refractivity contribution in [3.8, 4) is 6.07 Å². The number of benzene rings is 2. The fraction of sp³-hybridized carbons (Fsp3) is 0.240. The van der Waals surface area contributed by atoms with E-state index in [0.717, 1.165) is 11.0 Å². The molecule has 1 amide bonds. The molecule has 2 aliphatic heterocycles. The van der Waals surface area contributed by atoms with Gasteiger partial charge in [-0.2, -0.15) is 18.4 Å². The van der Waals surface area contributed by atoms with Gasteiger partial charge in [0.05, 0.1) is 16.8 Å². The Balaban J connectivity index is 1.91. The zero-order valence-electron chi connectivity index (χ0n) is 18.1. The number of hydrogen-bond acceptors (Lipinski definition) is 5. The summed E-state index contributed by atoms with van der Waals surface area (Å²) in [6.07, 6.45) is -3.96. The van der Waals surface area contributed by atoms with Crippen LogP contribution in [0.25, 0.3) is 0 Å². The van der Waals surface area contributed by atoms with Crippen LogP contribution in [0.5, 0.6) is 0 Å². The molecule has 172 valence electrons. The third kappa shape index (κ3) is 2.62. The van der Waals surface area contributed by atoms with Gasteiger partial charge in [0, 0.05) is 36.0 Å². The first-order valence-corrected chi connectivity index (χ1v) is 10.7. The molecular formula is C25H19F3N4O2. The first-order chi connectivity index (χ1) is 16.2. The van der Waals surface area contributed by atoms with E-state index in [9.17, 15) is 28.0 Å². The van der Waals surface area contributed by atoms with Gasteiger partial charge in [0.1, 0.15) is 17.3 Å². The van der Waals surface area contributed by atoms with Crippen molar-refractivity contribution in [3.05, 3.63) is 82.3 Å². The second kappa shape index (κ2) is 7.22. The van der Waals surface area contributed by atoms with Gasteiger partial charge >= 0.3 is 6.18 Å². The molecule has 1 atom stereocenters. The third-order valence-electron chi connectivity index (χ3n) is 6.76. The number of amides is 1. The summed E-state index contributed by atoms with van der Waals surface area (Å²) in [4.78, 5) is 29.8. The van der Waals surface area contributed by atoms with Crippen molar-refractivity contribution in [2.24, 2.45) is 5.73 Å². The van der Waals surface area contributed by atoms with E-state index in [1.165, 1.54) is 23.1 Å². The molecule has 1 unspecified atom stereocenters. The molecule has 2 aromatic carbocycles. The van der Waals surface area contributed by atoms with Crippen molar-refractivity contribution in [2.45, 2.75) is 30.9 Å². The van der Waals surface area contributed by atoms with Gasteiger partial charge in [-0.3, -0.25) is 14.5 Å². The van der Waals surface area contributed by atoms with Crippen molar-refractivity contribution in [2.75, 3.05) is 16.8 Å². The van der Waals surface area contributed by atoms with Gasteiger partial charge in [0.2, 0.25) is 5.91 Å². The van der Waals surface area contributed by atoms with E-state index in [1.807, 2.05) is 6.07 Å². The molecule has 0 aromatic heterocycles. The molecule has 34 heavy (non-hydrogen) atoms. The van der Waals surface area contributed by atoms with E-state index >= 15 is 0 Å². The molecule has 2 aromatic rings. The standard InChI is InChI=1S/C25H19F3N4O2/c1-31-17-9-4-2-7-14(17)24(23(31)34)16(13-29)22(30)32(19-11-6-12-20(33)21(19)24)18-10-5-3-8-15(18)25(26,27)28/h2-5,7-10H,6,11-12,30H2,1H3. The van der Waals surface area contributed by atoms with Crippen LogP contribution in [0.2, 0.25) is 0 Å². The normalized spacial score (nSPS) is 22.3. The highest BCUT2D eigenvalue weighted by molar-refractivity contribution is 6.20. The number of nitriles is 1. The zero-order valence-corrected chi connectivity index (χ0v) is 18.1. The number of halogens is 3. The maximum Gasteiger partial charge on any atom is 0.418 e. The number of nitrogens with zero attached hydrogens (tertiary/aromatic N) is 3. The van der Waals surface area contributed by atoms with E-state index in [-0.39, 0.29) is 47.0 Å². The van der Waals surface area contributed by atoms with E-state index < -0.39 is 23.1 Å². The second-order valence-corrected chi connectivity index (χ2v) is 8.45. The predicted molar refractivity (Wildman–Crippen MR) is 118 cm³/mol. The molecule has 0 saturated heterocycles. The summed E-state index contributed by atoms with van der Waals surface area (Å²) in [6.45, 7) is 0. The molecule has 0 radical (unpaired) electrons. The summed E-state index contributed by atoms with van der Waals surface area (Å²) in [6, 6.07) is 13.6. The second-order valence-electron chi connectivity index (χ2n) is 8.45. The topological polar surface area (TPSA) is 90.4 Å². The van der Waals surface area contributed by atoms with Crippen LogP contribution in [0.1, 0.15) is 30.4 Å². The number of likely N-dealkylation sites (N-methyl/N-ethyl adjacent to an activating group) is 1. The SMILES string of the molecule is CN1C(=O)C2(C(C#N)=C(N)N(c3ccccc3C(F)(F)F)C3=C2C(=O)CCC3)c2ccccc21. The maximum absolute atomic E-state index is 13.9. The summed E-state index contributed by atoms with van der Waals surface area (Å²) in [5.41, 5.74) is 4.36. The number of carbonyl (C=O) groups excluding carboxylic acids is 2. The molecule has 0 saturated carbocycles. The van der Waals surface area contributed by atoms with E-state index in [4.69, 9.17) is 5.73 Å². The van der Waals surface area contributed by atoms with Crippen LogP contribution < -0.4 is 15.5 Å². The summed E-state index contributed by atoms with van der Waals surface area (Å²) in [7, 11) is 1.54. The molecule has 2 heterocycles. The average Bonchev–Trinajstić information content (AvgIpc) is 3.02. The van der Waals surface area contributed by atoms with Gasteiger partial charge in [0.15, 0.2) is 5.78 Å². The number of nitrogens with two attached hydrogens (primary N) is 1. The molecular weight excluding hydrogens is 445 g/mol. The van der Waals surface area contributed by atoms with Crippen molar-refractivity contribution < 1.29 is 22.8 Å². The predicted octanol–water partition coefficient (Wildman–Crippen LogP) is 4.14. The van der Waals surface area contributed by atoms with Crippen LogP contribution in [0.3, 0.4) is 0 Å². The fourth-order valence-electron chi connectivity index (χ4n) is 5.42. The molecule has 9 heteroatoms. The van der Waals surface area contributed by atoms with Crippen molar-refractivity contribution in [1.29, 1.82) is 5.26 Å². The Hall–Kier alpha value is -4.06. The van der Waals surface area contributed by atoms with E-state index in [1.54, 1.807) is 31.3 Å². The number of fused-ring (bicyclic) bond motifs is 3. The largest absolute Gasteiger partial charge is 0.418 e. The monoisotopic (exact) mass is 464 g/mol. The van der Waals surface area contributed by atoms with Crippen molar-refractivity contribution >= 4 is 23.1 Å². The van der Waals surface area contributed by atoms with Crippen LogP contribution in [0.4, 0.5) is 24.5 Å². The molecule has 0 bridgehead atoms. The lowest BCUT2D eigenvalue weighted by molar-refractivity contribution is -0.137. The van der Waals surface area contributed by atoms with Crippen molar-refractivity contribution in [3.63, 3.8) is 0 Å². The molecule has 3 aliphatic rings. The summed E-state index contributed by atoms with van der Waals surface area (Å²) in [5.74, 6) is -1.19. The first-order valence-electron chi connectivity index (χ1n) is 10.7. The lowest BCUT2D eigenvalue weighted by Gasteiger charge is -2.44. The quantitative estimate of drug-likeness (QED) is 0.685. The van der Waals surface area contributed by atoms with Gasteiger partial charge in [-0.05, 0) is 31.0 Å². The van der Waals surface area contributed by atoms with Crippen molar-refractivity contribution in [1.82, 2.24) is 0 Å². The number of Topliss-reactive ketones (excluding diaryl/α,β-unsaturated/α-hetero) is 1. The van der Waals surface area contributed by atoms with Crippen LogP contribution in [0.15, 0.2) is 71.2 Å². The molecule has 1 spiro atoms. The number of hydrogen-bond donors (Lipinski definition) is 1. The van der Waals surface area contributed by atoms with Crippen LogP contribution in [-0.4, -0.2) is 18.7 Å². The number of allylic oxidation sites excluding steroid dienone is 1. The number of carbonyl (C=O) groups is 2. The number of alkyl halides is 3. The molecule has 5 rings (SSSR count). The third-order valence-corrected chi connectivity index (χ3v) is 6.76. The molecule has 2 N–H and O–H groups in total. The highest BCUT2D eigenvalue weighted by atomic mass is 19.4. The van der Waals surface area contributed by atoms with E-state index in [0.29, 0.717) is 17.7 Å². The average molecular weight is 464 g/mol. The Morgan fingerprint density at radius 1 is 1.03 bits per heavy atom. The Kier molecular flexibility index (Phi) is 4.62. The van der Waals surface area contributed by atoms with Gasteiger partial charge in [-0.25, -0.2) is 0 Å². The number of ketones is 1. The Morgan fingerprint density at radius 3 is 2.35 bits per heavy atom.